The maximum absolute atomic E-state index is 13.1. The molecule has 0 aliphatic carbocycles. The Morgan fingerprint density at radius 2 is 0.474 bits per heavy atom. The molecule has 0 bridgehead atoms. The van der Waals surface area contributed by atoms with Gasteiger partial charge in [-0.3, -0.25) is 37.3 Å². The summed E-state index contributed by atoms with van der Waals surface area (Å²) in [5.74, 6) is -0.645. The normalized spacial score (nSPS) is 14.0. The van der Waals surface area contributed by atoms with Crippen molar-refractivity contribution in [1.29, 1.82) is 0 Å². The molecule has 576 valence electrons. The number of hydrogen-bond acceptors (Lipinski definition) is 15. The fourth-order valence-electron chi connectivity index (χ4n) is 12.0. The van der Waals surface area contributed by atoms with E-state index in [0.717, 1.165) is 102 Å². The van der Waals surface area contributed by atoms with Gasteiger partial charge in [0.05, 0.1) is 26.4 Å². The highest BCUT2D eigenvalue weighted by molar-refractivity contribution is 7.47. The fourth-order valence-corrected chi connectivity index (χ4v) is 13.6. The summed E-state index contributed by atoms with van der Waals surface area (Å²) in [5.41, 5.74) is 0. The van der Waals surface area contributed by atoms with Gasteiger partial charge in [-0.05, 0) is 37.5 Å². The van der Waals surface area contributed by atoms with Crippen LogP contribution in [0.3, 0.4) is 0 Å². The predicted molar refractivity (Wildman–Crippen MR) is 395 cm³/mol. The van der Waals surface area contributed by atoms with Gasteiger partial charge < -0.3 is 33.8 Å². The number of phosphoric acid groups is 2. The number of ether oxygens (including phenoxy) is 4. The molecule has 2 unspecified atom stereocenters. The molecular formula is C78H152O17P2. The van der Waals surface area contributed by atoms with E-state index in [9.17, 15) is 43.2 Å². The van der Waals surface area contributed by atoms with Gasteiger partial charge in [0.1, 0.15) is 19.3 Å². The molecule has 0 heterocycles. The molecule has 17 nitrogen and oxygen atoms in total. The van der Waals surface area contributed by atoms with Crippen LogP contribution < -0.4 is 0 Å². The van der Waals surface area contributed by atoms with Gasteiger partial charge in [-0.15, -0.1) is 0 Å². The van der Waals surface area contributed by atoms with Crippen LogP contribution in [0.5, 0.6) is 0 Å². The van der Waals surface area contributed by atoms with E-state index in [-0.39, 0.29) is 25.7 Å². The molecular weight excluding hydrogens is 1270 g/mol. The lowest BCUT2D eigenvalue weighted by Gasteiger charge is -2.21. The Kier molecular flexibility index (Phi) is 68.4. The quantitative estimate of drug-likeness (QED) is 0.0222. The fraction of sp³-hybridized carbons (Fsp3) is 0.949. The average molecular weight is 1420 g/mol. The lowest BCUT2D eigenvalue weighted by molar-refractivity contribution is -0.161. The van der Waals surface area contributed by atoms with Gasteiger partial charge in [-0.25, -0.2) is 9.13 Å². The third kappa shape index (κ3) is 72.2. The molecule has 0 radical (unpaired) electrons. The zero-order valence-corrected chi connectivity index (χ0v) is 65.2. The third-order valence-corrected chi connectivity index (χ3v) is 20.1. The number of rotatable bonds is 77. The van der Waals surface area contributed by atoms with E-state index in [0.29, 0.717) is 25.7 Å². The monoisotopic (exact) mass is 1420 g/mol. The molecule has 0 rings (SSSR count). The number of esters is 4. The lowest BCUT2D eigenvalue weighted by Crippen LogP contribution is -2.30. The number of carbonyl (C=O) groups excluding carboxylic acids is 4. The van der Waals surface area contributed by atoms with E-state index in [1.807, 2.05) is 0 Å². The van der Waals surface area contributed by atoms with Crippen LogP contribution in [-0.2, 0) is 65.4 Å². The number of aliphatic hydroxyl groups excluding tert-OH is 1. The molecule has 0 aromatic heterocycles. The van der Waals surface area contributed by atoms with Gasteiger partial charge in [-0.2, -0.15) is 0 Å². The van der Waals surface area contributed by atoms with E-state index < -0.39 is 97.5 Å². The van der Waals surface area contributed by atoms with E-state index >= 15 is 0 Å². The van der Waals surface area contributed by atoms with Gasteiger partial charge in [-0.1, -0.05) is 356 Å². The summed E-state index contributed by atoms with van der Waals surface area (Å²) < 4.78 is 68.6. The van der Waals surface area contributed by atoms with Crippen LogP contribution in [-0.4, -0.2) is 96.7 Å². The second-order valence-corrected chi connectivity index (χ2v) is 32.0. The van der Waals surface area contributed by atoms with E-state index in [1.54, 1.807) is 0 Å². The molecule has 0 aliphatic rings. The molecule has 0 amide bonds. The Bertz CT molecular complexity index is 1870. The topological polar surface area (TPSA) is 237 Å². The number of hydrogen-bond donors (Lipinski definition) is 3. The van der Waals surface area contributed by atoms with Crippen molar-refractivity contribution >= 4 is 39.5 Å². The van der Waals surface area contributed by atoms with Gasteiger partial charge in [0.25, 0.3) is 0 Å². The van der Waals surface area contributed by atoms with Crippen LogP contribution in [0.1, 0.15) is 408 Å². The predicted octanol–water partition coefficient (Wildman–Crippen LogP) is 23.1. The SMILES string of the molecule is CCCCCCCCCCCCCCCCCCCCCCCCC(=O)O[C@H](COC(=O)CCCCCCCCCCCC(C)C)COP(=O)(O)OC[C@@H](O)COP(=O)(O)OC[C@@H](COC(=O)CCCCCCCCCCC(C)C)OC(=O)CCCCCCCCCCCCCC. The zero-order chi connectivity index (χ0) is 71.4. The summed E-state index contributed by atoms with van der Waals surface area (Å²) >= 11 is 0. The van der Waals surface area contributed by atoms with E-state index in [1.165, 1.54) is 225 Å². The van der Waals surface area contributed by atoms with Crippen molar-refractivity contribution < 1.29 is 80.2 Å². The van der Waals surface area contributed by atoms with Crippen molar-refractivity contribution in [3.05, 3.63) is 0 Å². The number of aliphatic hydroxyl groups is 1. The third-order valence-electron chi connectivity index (χ3n) is 18.2. The Morgan fingerprint density at radius 1 is 0.278 bits per heavy atom. The average Bonchev–Trinajstić information content (AvgIpc) is 2.42. The molecule has 0 fully saturated rings. The summed E-state index contributed by atoms with van der Waals surface area (Å²) in [7, 11) is -9.91. The minimum absolute atomic E-state index is 0.107. The van der Waals surface area contributed by atoms with Crippen molar-refractivity contribution in [2.24, 2.45) is 11.8 Å². The molecule has 0 saturated carbocycles. The Hall–Kier alpha value is -1.94. The van der Waals surface area contributed by atoms with Crippen LogP contribution in [0, 0.1) is 11.8 Å². The number of carbonyl (C=O) groups is 4. The summed E-state index contributed by atoms with van der Waals surface area (Å²) in [6.45, 7) is 9.55. The van der Waals surface area contributed by atoms with Crippen LogP contribution in [0.25, 0.3) is 0 Å². The Morgan fingerprint density at radius 3 is 0.701 bits per heavy atom. The molecule has 3 N–H and O–H groups in total. The summed E-state index contributed by atoms with van der Waals surface area (Å²) in [6.07, 6.45) is 58.4. The van der Waals surface area contributed by atoms with Crippen molar-refractivity contribution in [2.45, 2.75) is 426 Å². The van der Waals surface area contributed by atoms with E-state index in [4.69, 9.17) is 37.0 Å². The molecule has 0 aromatic carbocycles. The van der Waals surface area contributed by atoms with Gasteiger partial charge in [0.15, 0.2) is 12.2 Å². The highest BCUT2D eigenvalue weighted by atomic mass is 31.2. The lowest BCUT2D eigenvalue weighted by atomic mass is 10.0. The van der Waals surface area contributed by atoms with Crippen molar-refractivity contribution in [3.8, 4) is 0 Å². The van der Waals surface area contributed by atoms with E-state index in [2.05, 4.69) is 41.5 Å². The number of unbranched alkanes of at least 4 members (excludes halogenated alkanes) is 47. The molecule has 0 saturated heterocycles. The molecule has 19 heteroatoms. The smallest absolute Gasteiger partial charge is 0.462 e. The molecule has 97 heavy (non-hydrogen) atoms. The minimum Gasteiger partial charge on any atom is -0.462 e. The highest BCUT2D eigenvalue weighted by Gasteiger charge is 2.30. The molecule has 0 aliphatic heterocycles. The first-order chi connectivity index (χ1) is 46.9. The van der Waals surface area contributed by atoms with Crippen LogP contribution in [0.15, 0.2) is 0 Å². The largest absolute Gasteiger partial charge is 0.472 e. The highest BCUT2D eigenvalue weighted by Crippen LogP contribution is 2.45. The number of phosphoric ester groups is 2. The summed E-state index contributed by atoms with van der Waals surface area (Å²) in [4.78, 5) is 72.8. The second kappa shape index (κ2) is 69.8. The Balaban J connectivity index is 5.18. The Labute approximate surface area is 594 Å². The van der Waals surface area contributed by atoms with Gasteiger partial charge >= 0.3 is 39.5 Å². The first-order valence-electron chi connectivity index (χ1n) is 40.5. The van der Waals surface area contributed by atoms with Gasteiger partial charge in [0.2, 0.25) is 0 Å². The van der Waals surface area contributed by atoms with Gasteiger partial charge in [0, 0.05) is 25.7 Å². The summed E-state index contributed by atoms with van der Waals surface area (Å²) in [5, 5.41) is 10.6. The van der Waals surface area contributed by atoms with Crippen molar-refractivity contribution in [1.82, 2.24) is 0 Å². The van der Waals surface area contributed by atoms with Crippen molar-refractivity contribution in [2.75, 3.05) is 39.6 Å². The maximum Gasteiger partial charge on any atom is 0.472 e. The molecule has 5 atom stereocenters. The minimum atomic E-state index is -4.96. The standard InChI is InChI=1S/C78H152O17P2/c1-7-9-11-13-15-17-19-21-22-23-24-25-26-27-28-29-30-32-36-45-51-57-63-78(83)94-73(66-88-75(80)60-54-48-42-37-33-34-40-46-52-58-70(3)4)68-92-96(84,85)90-64-72(79)65-91-97(86,87)93-69-74(67-89-76(81)61-55-49-43-39-38-41-47-53-59-71(5)6)95-77(82)62-56-50-44-35-31-20-18-16-14-12-10-8-2/h70-74,79H,7-69H2,1-6H3,(H,84,85)(H,86,87)/t72-,73-,74-/m1/s1. The zero-order valence-electron chi connectivity index (χ0n) is 63.4. The van der Waals surface area contributed by atoms with Crippen molar-refractivity contribution in [3.63, 3.8) is 0 Å². The molecule has 0 spiro atoms. The first-order valence-corrected chi connectivity index (χ1v) is 43.5. The van der Waals surface area contributed by atoms with Crippen LogP contribution >= 0.6 is 15.6 Å². The summed E-state index contributed by atoms with van der Waals surface area (Å²) in [6, 6.07) is 0. The van der Waals surface area contributed by atoms with Crippen LogP contribution in [0.4, 0.5) is 0 Å². The maximum atomic E-state index is 13.1. The van der Waals surface area contributed by atoms with Crippen LogP contribution in [0.2, 0.25) is 0 Å². The first kappa shape index (κ1) is 95.1. The second-order valence-electron chi connectivity index (χ2n) is 29.1. The molecule has 0 aromatic rings.